The predicted octanol–water partition coefficient (Wildman–Crippen LogP) is 2.14. The fourth-order valence-corrected chi connectivity index (χ4v) is 2.47. The molecular formula is C14H12N2O2. The van der Waals surface area contributed by atoms with Crippen LogP contribution in [0.15, 0.2) is 24.5 Å². The van der Waals surface area contributed by atoms with Crippen LogP contribution in [0.3, 0.4) is 0 Å². The lowest BCUT2D eigenvalue weighted by Crippen LogP contribution is -2.04. The van der Waals surface area contributed by atoms with E-state index >= 15 is 0 Å². The molecule has 1 aliphatic carbocycles. The Labute approximate surface area is 105 Å². The zero-order chi connectivity index (χ0) is 12.7. The van der Waals surface area contributed by atoms with Crippen molar-refractivity contribution in [2.45, 2.75) is 13.3 Å². The van der Waals surface area contributed by atoms with Gasteiger partial charge < -0.3 is 4.74 Å². The third kappa shape index (κ3) is 1.42. The number of carbonyl (C=O) groups is 1. The first kappa shape index (κ1) is 10.9. The van der Waals surface area contributed by atoms with Gasteiger partial charge >= 0.3 is 5.97 Å². The second-order valence-corrected chi connectivity index (χ2v) is 4.38. The Morgan fingerprint density at radius 3 is 2.83 bits per heavy atom. The number of rotatable bonds is 1. The van der Waals surface area contributed by atoms with E-state index in [1.165, 1.54) is 18.2 Å². The lowest BCUT2D eigenvalue weighted by atomic mass is 9.97. The Morgan fingerprint density at radius 2 is 2.06 bits per heavy atom. The van der Waals surface area contributed by atoms with Crippen molar-refractivity contribution in [2.24, 2.45) is 0 Å². The summed E-state index contributed by atoms with van der Waals surface area (Å²) in [6.45, 7) is 2.05. The summed E-state index contributed by atoms with van der Waals surface area (Å²) in [6, 6.07) is 3.77. The lowest BCUT2D eigenvalue weighted by Gasteiger charge is -2.09. The zero-order valence-electron chi connectivity index (χ0n) is 10.2. The smallest absolute Gasteiger partial charge is 0.338 e. The van der Waals surface area contributed by atoms with Crippen LogP contribution in [0.4, 0.5) is 0 Å². The van der Waals surface area contributed by atoms with Gasteiger partial charge in [0.15, 0.2) is 0 Å². The molecule has 3 rings (SSSR count). The van der Waals surface area contributed by atoms with Gasteiger partial charge in [0.1, 0.15) is 0 Å². The SMILES string of the molecule is COC(=O)c1ccc(C)c2c1-c1cnncc1C2. The van der Waals surface area contributed by atoms with Gasteiger partial charge in [-0.1, -0.05) is 6.07 Å². The van der Waals surface area contributed by atoms with Gasteiger partial charge in [-0.15, -0.1) is 0 Å². The minimum atomic E-state index is -0.309. The van der Waals surface area contributed by atoms with Crippen LogP contribution >= 0.6 is 0 Å². The summed E-state index contributed by atoms with van der Waals surface area (Å²) in [5.41, 5.74) is 6.00. The number of fused-ring (bicyclic) bond motifs is 3. The molecule has 0 spiro atoms. The van der Waals surface area contributed by atoms with Crippen molar-refractivity contribution in [1.82, 2.24) is 10.2 Å². The Kier molecular flexibility index (Phi) is 2.37. The average Bonchev–Trinajstić information content (AvgIpc) is 2.79. The molecule has 1 aromatic heterocycles. The first-order valence-electron chi connectivity index (χ1n) is 5.73. The molecule has 1 aromatic carbocycles. The number of hydrogen-bond donors (Lipinski definition) is 0. The third-order valence-corrected chi connectivity index (χ3v) is 3.40. The fourth-order valence-electron chi connectivity index (χ4n) is 2.47. The quantitative estimate of drug-likeness (QED) is 0.611. The molecular weight excluding hydrogens is 228 g/mol. The molecule has 2 aromatic rings. The van der Waals surface area contributed by atoms with Crippen LogP contribution in [-0.2, 0) is 11.2 Å². The summed E-state index contributed by atoms with van der Waals surface area (Å²) in [7, 11) is 1.40. The molecule has 0 unspecified atom stereocenters. The van der Waals surface area contributed by atoms with Gasteiger partial charge in [0.05, 0.1) is 25.1 Å². The summed E-state index contributed by atoms with van der Waals surface area (Å²) in [6.07, 6.45) is 4.28. The number of nitrogens with zero attached hydrogens (tertiary/aromatic N) is 2. The van der Waals surface area contributed by atoms with Gasteiger partial charge in [0.2, 0.25) is 0 Å². The molecule has 0 N–H and O–H groups in total. The fraction of sp³-hybridized carbons (Fsp3) is 0.214. The molecule has 0 saturated heterocycles. The van der Waals surface area contributed by atoms with E-state index in [9.17, 15) is 4.79 Å². The molecule has 0 fully saturated rings. The Hall–Kier alpha value is -2.23. The third-order valence-electron chi connectivity index (χ3n) is 3.40. The highest BCUT2D eigenvalue weighted by Crippen LogP contribution is 2.39. The minimum absolute atomic E-state index is 0.309. The van der Waals surface area contributed by atoms with E-state index in [0.717, 1.165) is 23.1 Å². The van der Waals surface area contributed by atoms with Gasteiger partial charge in [-0.25, -0.2) is 4.79 Å². The number of aryl methyl sites for hydroxylation is 1. The Bertz CT molecular complexity index is 650. The van der Waals surface area contributed by atoms with Crippen molar-refractivity contribution in [1.29, 1.82) is 0 Å². The van der Waals surface area contributed by atoms with Crippen molar-refractivity contribution < 1.29 is 9.53 Å². The maximum atomic E-state index is 11.8. The summed E-state index contributed by atoms with van der Waals surface area (Å²) < 4.78 is 4.84. The van der Waals surface area contributed by atoms with Crippen molar-refractivity contribution in [2.75, 3.05) is 7.11 Å². The molecule has 4 nitrogen and oxygen atoms in total. The average molecular weight is 240 g/mol. The molecule has 0 atom stereocenters. The van der Waals surface area contributed by atoms with Crippen LogP contribution in [0, 0.1) is 6.92 Å². The topological polar surface area (TPSA) is 52.1 Å². The number of hydrogen-bond acceptors (Lipinski definition) is 4. The summed E-state index contributed by atoms with van der Waals surface area (Å²) in [4.78, 5) is 11.8. The van der Waals surface area contributed by atoms with E-state index in [-0.39, 0.29) is 5.97 Å². The molecule has 1 heterocycles. The van der Waals surface area contributed by atoms with Gasteiger partial charge in [-0.3, -0.25) is 0 Å². The highest BCUT2D eigenvalue weighted by Gasteiger charge is 2.26. The molecule has 18 heavy (non-hydrogen) atoms. The van der Waals surface area contributed by atoms with E-state index in [2.05, 4.69) is 10.2 Å². The van der Waals surface area contributed by atoms with Crippen LogP contribution in [-0.4, -0.2) is 23.3 Å². The van der Waals surface area contributed by atoms with Gasteiger partial charge in [-0.05, 0) is 29.7 Å². The maximum Gasteiger partial charge on any atom is 0.338 e. The van der Waals surface area contributed by atoms with Crippen molar-refractivity contribution >= 4 is 5.97 Å². The van der Waals surface area contributed by atoms with Crippen molar-refractivity contribution in [3.8, 4) is 11.1 Å². The van der Waals surface area contributed by atoms with E-state index in [4.69, 9.17) is 4.74 Å². The normalized spacial score (nSPS) is 11.9. The van der Waals surface area contributed by atoms with Crippen LogP contribution in [0.2, 0.25) is 0 Å². The van der Waals surface area contributed by atoms with E-state index < -0.39 is 0 Å². The van der Waals surface area contributed by atoms with E-state index in [1.807, 2.05) is 19.1 Å². The number of esters is 1. The highest BCUT2D eigenvalue weighted by atomic mass is 16.5. The van der Waals surface area contributed by atoms with Crippen LogP contribution < -0.4 is 0 Å². The molecule has 0 amide bonds. The summed E-state index contributed by atoms with van der Waals surface area (Å²) >= 11 is 0. The van der Waals surface area contributed by atoms with Crippen molar-refractivity contribution in [3.05, 3.63) is 46.8 Å². The standard InChI is InChI=1S/C14H12N2O2/c1-8-3-4-10(14(17)18-2)13-11(8)5-9-6-15-16-7-12(9)13/h3-4,6-7H,5H2,1-2H3. The summed E-state index contributed by atoms with van der Waals surface area (Å²) in [5.74, 6) is -0.309. The highest BCUT2D eigenvalue weighted by molar-refractivity contribution is 6.00. The molecule has 0 radical (unpaired) electrons. The van der Waals surface area contributed by atoms with Gasteiger partial charge in [0, 0.05) is 17.5 Å². The first-order chi connectivity index (χ1) is 8.72. The zero-order valence-corrected chi connectivity index (χ0v) is 10.2. The number of carbonyl (C=O) groups excluding carboxylic acids is 1. The Balaban J connectivity index is 2.31. The second-order valence-electron chi connectivity index (χ2n) is 4.38. The van der Waals surface area contributed by atoms with Gasteiger partial charge in [0.25, 0.3) is 0 Å². The monoisotopic (exact) mass is 240 g/mol. The maximum absolute atomic E-state index is 11.8. The van der Waals surface area contributed by atoms with Crippen LogP contribution in [0.5, 0.6) is 0 Å². The molecule has 4 heteroatoms. The number of ether oxygens (including phenoxy) is 1. The second kappa shape index (κ2) is 3.91. The molecule has 1 aliphatic rings. The largest absolute Gasteiger partial charge is 0.465 e. The number of methoxy groups -OCH3 is 1. The van der Waals surface area contributed by atoms with Crippen LogP contribution in [0.25, 0.3) is 11.1 Å². The van der Waals surface area contributed by atoms with Crippen LogP contribution in [0.1, 0.15) is 27.0 Å². The molecule has 0 bridgehead atoms. The van der Waals surface area contributed by atoms with E-state index in [0.29, 0.717) is 5.56 Å². The van der Waals surface area contributed by atoms with Crippen molar-refractivity contribution in [3.63, 3.8) is 0 Å². The lowest BCUT2D eigenvalue weighted by molar-refractivity contribution is 0.0601. The molecule has 90 valence electrons. The van der Waals surface area contributed by atoms with Gasteiger partial charge in [-0.2, -0.15) is 10.2 Å². The Morgan fingerprint density at radius 1 is 1.28 bits per heavy atom. The molecule has 0 aliphatic heterocycles. The summed E-state index contributed by atoms with van der Waals surface area (Å²) in [5, 5.41) is 7.81. The predicted molar refractivity (Wildman–Crippen MR) is 66.4 cm³/mol. The number of benzene rings is 1. The molecule has 0 saturated carbocycles. The number of aromatic nitrogens is 2. The minimum Gasteiger partial charge on any atom is -0.465 e. The van der Waals surface area contributed by atoms with E-state index in [1.54, 1.807) is 12.4 Å². The first-order valence-corrected chi connectivity index (χ1v) is 5.73.